The maximum Gasteiger partial charge on any atom is 0.137 e. The van der Waals surface area contributed by atoms with Crippen LogP contribution in [0.25, 0.3) is 11.1 Å². The second-order valence-corrected chi connectivity index (χ2v) is 4.20. The lowest BCUT2D eigenvalue weighted by Crippen LogP contribution is -1.84. The molecule has 0 aliphatic heterocycles. The van der Waals surface area contributed by atoms with Gasteiger partial charge in [0.2, 0.25) is 0 Å². The Morgan fingerprint density at radius 2 is 1.50 bits per heavy atom. The van der Waals surface area contributed by atoms with E-state index in [1.54, 1.807) is 7.11 Å². The van der Waals surface area contributed by atoms with Crippen LogP contribution in [0.2, 0.25) is 10.0 Å². The molecular weight excluding hydrogens is 243 g/mol. The first kappa shape index (κ1) is 11.3. The average Bonchev–Trinajstić information content (AvgIpc) is 2.30. The first-order chi connectivity index (χ1) is 7.70. The summed E-state index contributed by atoms with van der Waals surface area (Å²) in [6, 6.07) is 13.3. The minimum Gasteiger partial charge on any atom is -0.495 e. The number of hydrogen-bond donors (Lipinski definition) is 0. The summed E-state index contributed by atoms with van der Waals surface area (Å²) in [6.45, 7) is 0. The van der Waals surface area contributed by atoms with Crippen molar-refractivity contribution in [2.75, 3.05) is 7.11 Å². The molecule has 0 aromatic heterocycles. The SMILES string of the molecule is COc1ccc(-c2ccc(Cl)cc2)cc1Cl. The Kier molecular flexibility index (Phi) is 3.37. The Hall–Kier alpha value is -1.18. The smallest absolute Gasteiger partial charge is 0.137 e. The molecule has 1 nitrogen and oxygen atoms in total. The van der Waals surface area contributed by atoms with E-state index in [0.717, 1.165) is 16.1 Å². The zero-order valence-electron chi connectivity index (χ0n) is 8.71. The summed E-state index contributed by atoms with van der Waals surface area (Å²) in [5.74, 6) is 0.680. The largest absolute Gasteiger partial charge is 0.495 e. The van der Waals surface area contributed by atoms with Crippen LogP contribution < -0.4 is 4.74 Å². The topological polar surface area (TPSA) is 9.23 Å². The van der Waals surface area contributed by atoms with Gasteiger partial charge in [-0.25, -0.2) is 0 Å². The highest BCUT2D eigenvalue weighted by molar-refractivity contribution is 6.32. The van der Waals surface area contributed by atoms with Crippen molar-refractivity contribution in [2.24, 2.45) is 0 Å². The molecule has 0 N–H and O–H groups in total. The van der Waals surface area contributed by atoms with E-state index >= 15 is 0 Å². The van der Waals surface area contributed by atoms with Crippen LogP contribution in [0.1, 0.15) is 0 Å². The molecule has 0 saturated carbocycles. The molecule has 2 aromatic rings. The third-order valence-corrected chi connectivity index (χ3v) is 2.88. The van der Waals surface area contributed by atoms with E-state index in [1.807, 2.05) is 42.5 Å². The van der Waals surface area contributed by atoms with Gasteiger partial charge in [0.05, 0.1) is 12.1 Å². The van der Waals surface area contributed by atoms with Crippen molar-refractivity contribution in [1.29, 1.82) is 0 Å². The van der Waals surface area contributed by atoms with Crippen LogP contribution in [0.15, 0.2) is 42.5 Å². The Bertz CT molecular complexity index is 492. The lowest BCUT2D eigenvalue weighted by Gasteiger charge is -2.06. The van der Waals surface area contributed by atoms with Gasteiger partial charge in [-0.05, 0) is 35.4 Å². The quantitative estimate of drug-likeness (QED) is 0.755. The summed E-state index contributed by atoms with van der Waals surface area (Å²) in [4.78, 5) is 0. The summed E-state index contributed by atoms with van der Waals surface area (Å²) in [7, 11) is 1.60. The standard InChI is InChI=1S/C13H10Cl2O/c1-16-13-7-4-10(8-12(13)15)9-2-5-11(14)6-3-9/h2-8H,1H3. The Morgan fingerprint density at radius 3 is 2.06 bits per heavy atom. The third kappa shape index (κ3) is 2.31. The van der Waals surface area contributed by atoms with Gasteiger partial charge in [0.1, 0.15) is 5.75 Å². The fourth-order valence-corrected chi connectivity index (χ4v) is 1.87. The van der Waals surface area contributed by atoms with Crippen molar-refractivity contribution in [2.45, 2.75) is 0 Å². The lowest BCUT2D eigenvalue weighted by atomic mass is 10.1. The molecule has 0 atom stereocenters. The average molecular weight is 253 g/mol. The van der Waals surface area contributed by atoms with E-state index in [1.165, 1.54) is 0 Å². The van der Waals surface area contributed by atoms with Gasteiger partial charge in [0.15, 0.2) is 0 Å². The molecule has 0 unspecified atom stereocenters. The van der Waals surface area contributed by atoms with Gasteiger partial charge in [-0.3, -0.25) is 0 Å². The van der Waals surface area contributed by atoms with E-state index in [2.05, 4.69) is 0 Å². The predicted octanol–water partition coefficient (Wildman–Crippen LogP) is 4.67. The van der Waals surface area contributed by atoms with E-state index in [-0.39, 0.29) is 0 Å². The van der Waals surface area contributed by atoms with E-state index in [4.69, 9.17) is 27.9 Å². The number of rotatable bonds is 2. The Morgan fingerprint density at radius 1 is 0.875 bits per heavy atom. The molecule has 0 bridgehead atoms. The van der Waals surface area contributed by atoms with Crippen LogP contribution in [0, 0.1) is 0 Å². The molecule has 0 aliphatic rings. The van der Waals surface area contributed by atoms with Crippen LogP contribution in [0.5, 0.6) is 5.75 Å². The van der Waals surface area contributed by atoms with Crippen molar-refractivity contribution in [3.05, 3.63) is 52.5 Å². The minimum absolute atomic E-state index is 0.606. The first-order valence-corrected chi connectivity index (χ1v) is 5.56. The first-order valence-electron chi connectivity index (χ1n) is 4.80. The van der Waals surface area contributed by atoms with Crippen LogP contribution >= 0.6 is 23.2 Å². The summed E-state index contributed by atoms with van der Waals surface area (Å²) in [5.41, 5.74) is 2.12. The van der Waals surface area contributed by atoms with Crippen molar-refractivity contribution < 1.29 is 4.74 Å². The Balaban J connectivity index is 2.41. The van der Waals surface area contributed by atoms with Crippen LogP contribution in [0.4, 0.5) is 0 Å². The molecule has 0 fully saturated rings. The number of methoxy groups -OCH3 is 1. The van der Waals surface area contributed by atoms with Gasteiger partial charge >= 0.3 is 0 Å². The second-order valence-electron chi connectivity index (χ2n) is 3.36. The fourth-order valence-electron chi connectivity index (χ4n) is 1.49. The summed E-state index contributed by atoms with van der Waals surface area (Å²) in [6.07, 6.45) is 0. The van der Waals surface area contributed by atoms with Crippen molar-refractivity contribution in [3.8, 4) is 16.9 Å². The third-order valence-electron chi connectivity index (χ3n) is 2.33. The molecule has 0 aliphatic carbocycles. The second kappa shape index (κ2) is 4.77. The van der Waals surface area contributed by atoms with Gasteiger partial charge in [0, 0.05) is 5.02 Å². The summed E-state index contributed by atoms with van der Waals surface area (Å²) < 4.78 is 5.10. The van der Waals surface area contributed by atoms with Crippen LogP contribution in [-0.4, -0.2) is 7.11 Å². The van der Waals surface area contributed by atoms with Crippen molar-refractivity contribution in [3.63, 3.8) is 0 Å². The molecule has 0 heterocycles. The van der Waals surface area contributed by atoms with Crippen LogP contribution in [-0.2, 0) is 0 Å². The monoisotopic (exact) mass is 252 g/mol. The normalized spacial score (nSPS) is 10.2. The molecule has 82 valence electrons. The van der Waals surface area contributed by atoms with Gasteiger partial charge in [-0.2, -0.15) is 0 Å². The number of ether oxygens (including phenoxy) is 1. The number of benzene rings is 2. The Labute approximate surface area is 105 Å². The van der Waals surface area contributed by atoms with E-state index in [9.17, 15) is 0 Å². The molecule has 3 heteroatoms. The highest BCUT2D eigenvalue weighted by Gasteiger charge is 2.03. The zero-order valence-corrected chi connectivity index (χ0v) is 10.2. The molecule has 16 heavy (non-hydrogen) atoms. The minimum atomic E-state index is 0.606. The van der Waals surface area contributed by atoms with Gasteiger partial charge in [-0.1, -0.05) is 41.4 Å². The molecule has 2 aromatic carbocycles. The predicted molar refractivity (Wildman–Crippen MR) is 68.5 cm³/mol. The van der Waals surface area contributed by atoms with Gasteiger partial charge in [-0.15, -0.1) is 0 Å². The summed E-state index contributed by atoms with van der Waals surface area (Å²) in [5, 5.41) is 1.33. The molecule has 2 rings (SSSR count). The summed E-state index contributed by atoms with van der Waals surface area (Å²) >= 11 is 11.9. The lowest BCUT2D eigenvalue weighted by molar-refractivity contribution is 0.415. The molecule has 0 spiro atoms. The van der Waals surface area contributed by atoms with E-state index in [0.29, 0.717) is 10.8 Å². The highest BCUT2D eigenvalue weighted by atomic mass is 35.5. The van der Waals surface area contributed by atoms with E-state index < -0.39 is 0 Å². The van der Waals surface area contributed by atoms with Gasteiger partial charge < -0.3 is 4.74 Å². The van der Waals surface area contributed by atoms with Crippen LogP contribution in [0.3, 0.4) is 0 Å². The maximum absolute atomic E-state index is 6.06. The molecular formula is C13H10Cl2O. The number of halogens is 2. The molecule has 0 radical (unpaired) electrons. The highest BCUT2D eigenvalue weighted by Crippen LogP contribution is 2.30. The van der Waals surface area contributed by atoms with Gasteiger partial charge in [0.25, 0.3) is 0 Å². The molecule has 0 saturated heterocycles. The fraction of sp³-hybridized carbons (Fsp3) is 0.0769. The number of hydrogen-bond acceptors (Lipinski definition) is 1. The molecule has 0 amide bonds. The zero-order chi connectivity index (χ0) is 11.5. The van der Waals surface area contributed by atoms with Crippen molar-refractivity contribution >= 4 is 23.2 Å². The maximum atomic E-state index is 6.06. The van der Waals surface area contributed by atoms with Crippen molar-refractivity contribution in [1.82, 2.24) is 0 Å².